The van der Waals surface area contributed by atoms with Crippen molar-refractivity contribution in [1.29, 1.82) is 0 Å². The van der Waals surface area contributed by atoms with Crippen molar-refractivity contribution in [2.45, 2.75) is 5.75 Å². The molecular weight excluding hydrogens is 315 g/mol. The number of hydrogen-bond donors (Lipinski definition) is 2. The Morgan fingerprint density at radius 1 is 1.43 bits per heavy atom. The molecule has 0 bridgehead atoms. The number of nitrogens with zero attached hydrogens (tertiary/aromatic N) is 1. The largest absolute Gasteiger partial charge is 0.277 e. The zero-order valence-corrected chi connectivity index (χ0v) is 10.1. The molecule has 6 heteroatoms. The van der Waals surface area contributed by atoms with Gasteiger partial charge in [-0.25, -0.2) is 8.42 Å². The lowest BCUT2D eigenvalue weighted by Crippen LogP contribution is -1.86. The predicted molar refractivity (Wildman–Crippen MR) is 62.8 cm³/mol. The highest BCUT2D eigenvalue weighted by atomic mass is 127. The molecule has 74 valence electrons. The maximum atomic E-state index is 10.5. The van der Waals surface area contributed by atoms with Crippen LogP contribution in [-0.4, -0.2) is 18.6 Å². The molecule has 2 aromatic rings. The summed E-state index contributed by atoms with van der Waals surface area (Å²) < 4.78 is 21.9. The van der Waals surface area contributed by atoms with Crippen molar-refractivity contribution in [1.82, 2.24) is 10.2 Å². The Kier molecular flexibility index (Phi) is 2.73. The van der Waals surface area contributed by atoms with Gasteiger partial charge in [0.15, 0.2) is 0 Å². The molecule has 1 aromatic carbocycles. The number of thiol groups is 1. The molecule has 0 atom stereocenters. The van der Waals surface area contributed by atoms with Gasteiger partial charge in [0.25, 0.3) is 0 Å². The number of benzene rings is 1. The first-order valence-corrected chi connectivity index (χ1v) is 6.35. The Hall–Kier alpha value is -0.630. The van der Waals surface area contributed by atoms with E-state index in [9.17, 15) is 8.42 Å². The van der Waals surface area contributed by atoms with E-state index < -0.39 is 10.7 Å². The van der Waals surface area contributed by atoms with Gasteiger partial charge in [0.2, 0.25) is 0 Å². The third-order valence-electron chi connectivity index (χ3n) is 1.89. The van der Waals surface area contributed by atoms with E-state index in [1.807, 2.05) is 12.1 Å². The first-order valence-electron chi connectivity index (χ1n) is 3.91. The summed E-state index contributed by atoms with van der Waals surface area (Å²) in [6, 6.07) is 5.49. The van der Waals surface area contributed by atoms with Gasteiger partial charge in [-0.1, -0.05) is 6.07 Å². The van der Waals surface area contributed by atoms with Gasteiger partial charge in [-0.3, -0.25) is 5.10 Å². The van der Waals surface area contributed by atoms with E-state index in [0.717, 1.165) is 20.2 Å². The van der Waals surface area contributed by atoms with Crippen LogP contribution in [0.25, 0.3) is 10.9 Å². The summed E-state index contributed by atoms with van der Waals surface area (Å²) in [5.74, 6) is 0.0898. The number of H-pyrrole nitrogens is 1. The van der Waals surface area contributed by atoms with E-state index in [2.05, 4.69) is 32.8 Å². The molecule has 0 aliphatic rings. The van der Waals surface area contributed by atoms with E-state index in [4.69, 9.17) is 0 Å². The Labute approximate surface area is 95.8 Å². The minimum absolute atomic E-state index is 0.0898. The third-order valence-corrected chi connectivity index (χ3v) is 3.34. The number of halogens is 1. The summed E-state index contributed by atoms with van der Waals surface area (Å²) in [7, 11) is -2.36. The van der Waals surface area contributed by atoms with E-state index in [0.29, 0.717) is 0 Å². The van der Waals surface area contributed by atoms with Crippen molar-refractivity contribution in [2.24, 2.45) is 0 Å². The molecule has 14 heavy (non-hydrogen) atoms. The van der Waals surface area contributed by atoms with Gasteiger partial charge in [-0.05, 0) is 40.3 Å². The molecule has 0 saturated carbocycles. The molecule has 0 amide bonds. The van der Waals surface area contributed by atoms with Gasteiger partial charge in [-0.15, -0.1) is 0 Å². The molecule has 0 fully saturated rings. The monoisotopic (exact) mass is 322 g/mol. The van der Waals surface area contributed by atoms with E-state index >= 15 is 0 Å². The van der Waals surface area contributed by atoms with Crippen molar-refractivity contribution < 1.29 is 8.42 Å². The average Bonchev–Trinajstić information content (AvgIpc) is 2.47. The van der Waals surface area contributed by atoms with Crippen LogP contribution in [0.4, 0.5) is 0 Å². The molecule has 1 N–H and O–H groups in total. The highest BCUT2D eigenvalue weighted by Gasteiger charge is 2.03. The van der Waals surface area contributed by atoms with Crippen LogP contribution in [-0.2, 0) is 16.5 Å². The summed E-state index contributed by atoms with van der Waals surface area (Å²) in [5, 5.41) is 7.86. The molecule has 4 nitrogen and oxygen atoms in total. The minimum Gasteiger partial charge on any atom is -0.277 e. The fourth-order valence-electron chi connectivity index (χ4n) is 1.28. The lowest BCUT2D eigenvalue weighted by atomic mass is 10.2. The smallest absolute Gasteiger partial charge is 0.144 e. The molecule has 0 unspecified atom stereocenters. The molecule has 0 spiro atoms. The topological polar surface area (TPSA) is 62.8 Å². The second kappa shape index (κ2) is 3.85. The van der Waals surface area contributed by atoms with Crippen molar-refractivity contribution in [3.8, 4) is 0 Å². The van der Waals surface area contributed by atoms with Crippen LogP contribution < -0.4 is 0 Å². The molecule has 1 heterocycles. The predicted octanol–water partition coefficient (Wildman–Crippen LogP) is 1.28. The van der Waals surface area contributed by atoms with Crippen LogP contribution >= 0.6 is 22.6 Å². The van der Waals surface area contributed by atoms with E-state index in [1.165, 1.54) is 0 Å². The minimum atomic E-state index is -2.36. The van der Waals surface area contributed by atoms with Crippen LogP contribution in [0.5, 0.6) is 0 Å². The molecule has 0 radical (unpaired) electrons. The third kappa shape index (κ3) is 1.90. The van der Waals surface area contributed by atoms with Crippen LogP contribution in [0.15, 0.2) is 18.2 Å². The van der Waals surface area contributed by atoms with Crippen molar-refractivity contribution in [2.75, 3.05) is 0 Å². The first-order chi connectivity index (χ1) is 6.66. The fraction of sp³-hybridized carbons (Fsp3) is 0.125. The number of hydrogen-bond acceptors (Lipinski definition) is 3. The SMILES string of the molecule is O=[SH](=O)Cc1ccc2[nH]nc(I)c2c1. The lowest BCUT2D eigenvalue weighted by Gasteiger charge is -1.94. The summed E-state index contributed by atoms with van der Waals surface area (Å²) in [6.45, 7) is 0. The summed E-state index contributed by atoms with van der Waals surface area (Å²) >= 11 is 2.11. The number of aromatic nitrogens is 2. The van der Waals surface area contributed by atoms with Gasteiger partial charge in [0.05, 0.1) is 11.3 Å². The fourth-order valence-corrected chi connectivity index (χ4v) is 2.34. The summed E-state index contributed by atoms with van der Waals surface area (Å²) in [5.41, 5.74) is 1.73. The van der Waals surface area contributed by atoms with E-state index in [1.54, 1.807) is 6.07 Å². The number of aromatic amines is 1. The Morgan fingerprint density at radius 3 is 2.93 bits per heavy atom. The molecule has 1 aromatic heterocycles. The normalized spacial score (nSPS) is 11.3. The van der Waals surface area contributed by atoms with Gasteiger partial charge in [0, 0.05) is 5.39 Å². The zero-order valence-electron chi connectivity index (χ0n) is 7.03. The zero-order chi connectivity index (χ0) is 10.1. The molecule has 0 saturated heterocycles. The highest BCUT2D eigenvalue weighted by Crippen LogP contribution is 2.19. The van der Waals surface area contributed by atoms with Crippen LogP contribution in [0.3, 0.4) is 0 Å². The van der Waals surface area contributed by atoms with Crippen LogP contribution in [0.1, 0.15) is 5.56 Å². The van der Waals surface area contributed by atoms with Crippen molar-refractivity contribution in [3.63, 3.8) is 0 Å². The molecule has 0 aliphatic heterocycles. The lowest BCUT2D eigenvalue weighted by molar-refractivity contribution is 0.614. The summed E-state index contributed by atoms with van der Waals surface area (Å²) in [6.07, 6.45) is 0. The number of fused-ring (bicyclic) bond motifs is 1. The molecule has 2 rings (SSSR count). The highest BCUT2D eigenvalue weighted by molar-refractivity contribution is 14.1. The Bertz CT molecular complexity index is 539. The van der Waals surface area contributed by atoms with Gasteiger partial charge in [0.1, 0.15) is 14.4 Å². The number of rotatable bonds is 2. The van der Waals surface area contributed by atoms with Gasteiger partial charge in [-0.2, -0.15) is 5.10 Å². The Morgan fingerprint density at radius 2 is 2.21 bits per heavy atom. The van der Waals surface area contributed by atoms with Crippen LogP contribution in [0.2, 0.25) is 0 Å². The van der Waals surface area contributed by atoms with Crippen molar-refractivity contribution >= 4 is 44.2 Å². The van der Waals surface area contributed by atoms with Gasteiger partial charge < -0.3 is 0 Å². The maximum Gasteiger partial charge on any atom is 0.144 e. The standard InChI is InChI=1S/C8H7IN2O2S/c9-8-6-3-5(4-14(12)13)1-2-7(6)10-11-8/h1-3,14H,4H2,(H,10,11). The second-order valence-electron chi connectivity index (χ2n) is 2.89. The second-order valence-corrected chi connectivity index (χ2v) is 4.89. The Balaban J connectivity index is 2.54. The number of nitrogens with one attached hydrogen (secondary N) is 1. The van der Waals surface area contributed by atoms with Gasteiger partial charge >= 0.3 is 0 Å². The van der Waals surface area contributed by atoms with E-state index in [-0.39, 0.29) is 5.75 Å². The van der Waals surface area contributed by atoms with Crippen molar-refractivity contribution in [3.05, 3.63) is 27.5 Å². The quantitative estimate of drug-likeness (QED) is 0.647. The average molecular weight is 322 g/mol. The summed E-state index contributed by atoms with van der Waals surface area (Å²) in [4.78, 5) is 0. The first kappa shape index (κ1) is 9.91. The van der Waals surface area contributed by atoms with Crippen LogP contribution in [0, 0.1) is 3.70 Å². The molecule has 0 aliphatic carbocycles. The molecular formula is C8H7IN2O2S. The maximum absolute atomic E-state index is 10.5.